The SMILES string of the molecule is Cc1cccc(C(=O)N(C(=O)c2ccccc2)c2ccc(OCC3CO3)cc2)c1. The molecule has 1 aliphatic heterocycles. The zero-order chi connectivity index (χ0) is 20.2. The Hall–Kier alpha value is -3.44. The zero-order valence-corrected chi connectivity index (χ0v) is 16.1. The van der Waals surface area contributed by atoms with E-state index in [0.29, 0.717) is 29.2 Å². The summed E-state index contributed by atoms with van der Waals surface area (Å²) in [6.07, 6.45) is 0.161. The molecule has 1 fully saturated rings. The number of nitrogens with zero attached hydrogens (tertiary/aromatic N) is 1. The summed E-state index contributed by atoms with van der Waals surface area (Å²) in [6.45, 7) is 3.13. The van der Waals surface area contributed by atoms with E-state index in [2.05, 4.69) is 0 Å². The molecular weight excluding hydrogens is 366 g/mol. The predicted molar refractivity (Wildman–Crippen MR) is 110 cm³/mol. The maximum absolute atomic E-state index is 13.3. The molecule has 0 aromatic heterocycles. The first-order valence-corrected chi connectivity index (χ1v) is 9.47. The quantitative estimate of drug-likeness (QED) is 0.468. The number of epoxide rings is 1. The van der Waals surface area contributed by atoms with E-state index in [1.54, 1.807) is 60.7 Å². The van der Waals surface area contributed by atoms with Gasteiger partial charge in [0.25, 0.3) is 11.8 Å². The number of carbonyl (C=O) groups excluding carboxylic acids is 2. The Morgan fingerprint density at radius 1 is 0.931 bits per heavy atom. The summed E-state index contributed by atoms with van der Waals surface area (Å²) < 4.78 is 10.8. The van der Waals surface area contributed by atoms with Crippen LogP contribution in [0.1, 0.15) is 26.3 Å². The minimum absolute atomic E-state index is 0.161. The van der Waals surface area contributed by atoms with Crippen molar-refractivity contribution in [2.45, 2.75) is 13.0 Å². The molecule has 5 heteroatoms. The molecule has 1 atom stereocenters. The lowest BCUT2D eigenvalue weighted by atomic mass is 10.1. The molecule has 5 nitrogen and oxygen atoms in total. The molecule has 1 heterocycles. The standard InChI is InChI=1S/C24H21NO4/c1-17-6-5-9-19(14-17)24(27)25(23(26)18-7-3-2-4-8-18)20-10-12-21(13-11-20)28-15-22-16-29-22/h2-14,22H,15-16H2,1H3. The molecule has 0 aliphatic carbocycles. The van der Waals surface area contributed by atoms with Crippen molar-refractivity contribution in [2.24, 2.45) is 0 Å². The van der Waals surface area contributed by atoms with Crippen LogP contribution in [-0.2, 0) is 4.74 Å². The van der Waals surface area contributed by atoms with Crippen molar-refractivity contribution in [2.75, 3.05) is 18.1 Å². The van der Waals surface area contributed by atoms with E-state index in [4.69, 9.17) is 9.47 Å². The maximum atomic E-state index is 13.3. The largest absolute Gasteiger partial charge is 0.491 e. The van der Waals surface area contributed by atoms with Crippen LogP contribution in [0.3, 0.4) is 0 Å². The molecule has 1 aliphatic rings. The van der Waals surface area contributed by atoms with Crippen LogP contribution in [0.2, 0.25) is 0 Å². The molecular formula is C24H21NO4. The van der Waals surface area contributed by atoms with Crippen LogP contribution in [0.4, 0.5) is 5.69 Å². The second kappa shape index (κ2) is 8.29. The lowest BCUT2D eigenvalue weighted by Crippen LogP contribution is -2.37. The summed E-state index contributed by atoms with van der Waals surface area (Å²) in [7, 11) is 0. The smallest absolute Gasteiger partial charge is 0.265 e. The molecule has 2 amide bonds. The molecule has 3 aromatic carbocycles. The minimum Gasteiger partial charge on any atom is -0.491 e. The van der Waals surface area contributed by atoms with Crippen LogP contribution >= 0.6 is 0 Å². The number of amides is 2. The Balaban J connectivity index is 1.65. The molecule has 146 valence electrons. The first kappa shape index (κ1) is 18.9. The summed E-state index contributed by atoms with van der Waals surface area (Å²) in [4.78, 5) is 27.7. The maximum Gasteiger partial charge on any atom is 0.265 e. The molecule has 1 unspecified atom stereocenters. The van der Waals surface area contributed by atoms with Crippen LogP contribution < -0.4 is 9.64 Å². The van der Waals surface area contributed by atoms with Crippen LogP contribution in [0.5, 0.6) is 5.75 Å². The fourth-order valence-corrected chi connectivity index (χ4v) is 2.99. The number of rotatable bonds is 6. The van der Waals surface area contributed by atoms with Gasteiger partial charge in [0.15, 0.2) is 0 Å². The number of imide groups is 1. The van der Waals surface area contributed by atoms with Crippen molar-refractivity contribution in [3.63, 3.8) is 0 Å². The number of hydrogen-bond acceptors (Lipinski definition) is 4. The molecule has 3 aromatic rings. The fraction of sp³-hybridized carbons (Fsp3) is 0.167. The van der Waals surface area contributed by atoms with Crippen molar-refractivity contribution in [3.05, 3.63) is 95.6 Å². The number of carbonyl (C=O) groups is 2. The van der Waals surface area contributed by atoms with Crippen LogP contribution in [0.25, 0.3) is 0 Å². The van der Waals surface area contributed by atoms with Gasteiger partial charge in [-0.1, -0.05) is 35.9 Å². The number of benzene rings is 3. The Morgan fingerprint density at radius 3 is 2.24 bits per heavy atom. The fourth-order valence-electron chi connectivity index (χ4n) is 2.99. The van der Waals surface area contributed by atoms with Gasteiger partial charge in [-0.2, -0.15) is 0 Å². The summed E-state index contributed by atoms with van der Waals surface area (Å²) in [5, 5.41) is 0. The Morgan fingerprint density at radius 2 is 1.59 bits per heavy atom. The molecule has 0 saturated carbocycles. The normalized spacial score (nSPS) is 14.9. The lowest BCUT2D eigenvalue weighted by Gasteiger charge is -2.22. The van der Waals surface area contributed by atoms with E-state index in [1.807, 2.05) is 25.1 Å². The van der Waals surface area contributed by atoms with Crippen molar-refractivity contribution in [1.29, 1.82) is 0 Å². The van der Waals surface area contributed by atoms with Crippen molar-refractivity contribution in [3.8, 4) is 5.75 Å². The van der Waals surface area contributed by atoms with Crippen LogP contribution in [0.15, 0.2) is 78.9 Å². The molecule has 4 rings (SSSR count). The molecule has 29 heavy (non-hydrogen) atoms. The second-order valence-electron chi connectivity index (χ2n) is 6.94. The number of ether oxygens (including phenoxy) is 2. The van der Waals surface area contributed by atoms with Gasteiger partial charge in [-0.25, -0.2) is 4.90 Å². The first-order chi connectivity index (χ1) is 14.1. The van der Waals surface area contributed by atoms with E-state index < -0.39 is 0 Å². The van der Waals surface area contributed by atoms with E-state index in [0.717, 1.165) is 12.2 Å². The van der Waals surface area contributed by atoms with Gasteiger partial charge in [0.05, 0.1) is 12.3 Å². The average molecular weight is 387 g/mol. The Bertz CT molecular complexity index is 1010. The first-order valence-electron chi connectivity index (χ1n) is 9.47. The van der Waals surface area contributed by atoms with Gasteiger partial charge < -0.3 is 9.47 Å². The number of aryl methyl sites for hydroxylation is 1. The summed E-state index contributed by atoms with van der Waals surface area (Å²) >= 11 is 0. The third-order valence-electron chi connectivity index (χ3n) is 4.63. The molecule has 0 radical (unpaired) electrons. The molecule has 0 bridgehead atoms. The van der Waals surface area contributed by atoms with E-state index >= 15 is 0 Å². The zero-order valence-electron chi connectivity index (χ0n) is 16.1. The van der Waals surface area contributed by atoms with Crippen molar-refractivity contribution < 1.29 is 19.1 Å². The monoisotopic (exact) mass is 387 g/mol. The Labute approximate surface area is 169 Å². The van der Waals surface area contributed by atoms with Gasteiger partial charge in [-0.05, 0) is 55.5 Å². The summed E-state index contributed by atoms with van der Waals surface area (Å²) in [6, 6.07) is 23.0. The highest BCUT2D eigenvalue weighted by molar-refractivity contribution is 6.25. The Kier molecular flexibility index (Phi) is 5.40. The van der Waals surface area contributed by atoms with Gasteiger partial charge >= 0.3 is 0 Å². The van der Waals surface area contributed by atoms with Crippen molar-refractivity contribution >= 4 is 17.5 Å². The molecule has 1 saturated heterocycles. The number of anilines is 1. The molecule has 0 spiro atoms. The van der Waals surface area contributed by atoms with Gasteiger partial charge in [0.1, 0.15) is 18.5 Å². The topological polar surface area (TPSA) is 59.1 Å². The van der Waals surface area contributed by atoms with Crippen LogP contribution in [0, 0.1) is 6.92 Å². The highest BCUT2D eigenvalue weighted by atomic mass is 16.6. The minimum atomic E-state index is -0.378. The third-order valence-corrected chi connectivity index (χ3v) is 4.63. The van der Waals surface area contributed by atoms with E-state index in [-0.39, 0.29) is 17.9 Å². The average Bonchev–Trinajstić information content (AvgIpc) is 3.58. The van der Waals surface area contributed by atoms with Gasteiger partial charge in [-0.3, -0.25) is 9.59 Å². The van der Waals surface area contributed by atoms with E-state index in [9.17, 15) is 9.59 Å². The lowest BCUT2D eigenvalue weighted by molar-refractivity contribution is 0.0897. The summed E-state index contributed by atoms with van der Waals surface area (Å²) in [5.41, 5.74) is 2.34. The predicted octanol–water partition coefficient (Wildman–Crippen LogP) is 4.26. The van der Waals surface area contributed by atoms with Gasteiger partial charge in [0, 0.05) is 11.1 Å². The van der Waals surface area contributed by atoms with Gasteiger partial charge in [0.2, 0.25) is 0 Å². The number of hydrogen-bond donors (Lipinski definition) is 0. The van der Waals surface area contributed by atoms with Gasteiger partial charge in [-0.15, -0.1) is 0 Å². The molecule has 0 N–H and O–H groups in total. The van der Waals surface area contributed by atoms with E-state index in [1.165, 1.54) is 4.90 Å². The summed E-state index contributed by atoms with van der Waals surface area (Å²) in [5.74, 6) is -0.0841. The highest BCUT2D eigenvalue weighted by Crippen LogP contribution is 2.24. The highest BCUT2D eigenvalue weighted by Gasteiger charge is 2.26. The van der Waals surface area contributed by atoms with Crippen LogP contribution in [-0.4, -0.2) is 31.1 Å². The second-order valence-corrected chi connectivity index (χ2v) is 6.94. The third kappa shape index (κ3) is 4.52. The van der Waals surface area contributed by atoms with Crippen molar-refractivity contribution in [1.82, 2.24) is 0 Å².